The van der Waals surface area contributed by atoms with Crippen molar-refractivity contribution >= 4 is 16.8 Å². The summed E-state index contributed by atoms with van der Waals surface area (Å²) in [5.41, 5.74) is 0.476. The van der Waals surface area contributed by atoms with Crippen LogP contribution in [-0.4, -0.2) is 29.0 Å². The molecule has 0 fully saturated rings. The number of rotatable bonds is 6. The van der Waals surface area contributed by atoms with Gasteiger partial charge in [-0.05, 0) is 24.3 Å². The van der Waals surface area contributed by atoms with Gasteiger partial charge in [-0.3, -0.25) is 9.59 Å². The molecule has 0 aliphatic heterocycles. The molecule has 24 heavy (non-hydrogen) atoms. The number of hydrogen-bond donors (Lipinski definition) is 2. The summed E-state index contributed by atoms with van der Waals surface area (Å²) < 4.78 is 5.36. The predicted octanol–water partition coefficient (Wildman–Crippen LogP) is 1.66. The van der Waals surface area contributed by atoms with Gasteiger partial charge in [0.15, 0.2) is 6.61 Å². The van der Waals surface area contributed by atoms with Crippen LogP contribution in [-0.2, 0) is 11.2 Å². The standard InChI is InChI=1S/C18H17N3O3/c22-17(12-24-13-6-2-1-3-7-13)19-11-10-16-20-15-9-5-4-8-14(15)18(23)21-16/h1-9H,10-12H2,(H,19,22)(H,20,21,23). The van der Waals surface area contributed by atoms with Crippen molar-refractivity contribution in [3.63, 3.8) is 0 Å². The Balaban J connectivity index is 1.51. The summed E-state index contributed by atoms with van der Waals surface area (Å²) in [5, 5.41) is 3.30. The molecule has 1 amide bonds. The van der Waals surface area contributed by atoms with E-state index in [1.54, 1.807) is 30.3 Å². The molecule has 0 bridgehead atoms. The van der Waals surface area contributed by atoms with Crippen LogP contribution >= 0.6 is 0 Å². The van der Waals surface area contributed by atoms with Crippen LogP contribution in [0.3, 0.4) is 0 Å². The zero-order valence-electron chi connectivity index (χ0n) is 13.0. The summed E-state index contributed by atoms with van der Waals surface area (Å²) >= 11 is 0. The first-order valence-electron chi connectivity index (χ1n) is 7.65. The third kappa shape index (κ3) is 3.98. The van der Waals surface area contributed by atoms with Crippen molar-refractivity contribution in [3.8, 4) is 5.75 Å². The molecule has 0 unspecified atom stereocenters. The van der Waals surface area contributed by atoms with Crippen molar-refractivity contribution in [2.75, 3.05) is 13.2 Å². The highest BCUT2D eigenvalue weighted by molar-refractivity contribution is 5.78. The summed E-state index contributed by atoms with van der Waals surface area (Å²) in [6, 6.07) is 16.3. The van der Waals surface area contributed by atoms with Crippen LogP contribution in [0.15, 0.2) is 59.4 Å². The van der Waals surface area contributed by atoms with E-state index in [1.807, 2.05) is 24.3 Å². The van der Waals surface area contributed by atoms with Gasteiger partial charge >= 0.3 is 0 Å². The first-order chi connectivity index (χ1) is 11.7. The van der Waals surface area contributed by atoms with E-state index in [0.29, 0.717) is 35.4 Å². The van der Waals surface area contributed by atoms with Crippen LogP contribution in [0.1, 0.15) is 5.82 Å². The van der Waals surface area contributed by atoms with Gasteiger partial charge in [0.2, 0.25) is 0 Å². The van der Waals surface area contributed by atoms with E-state index in [9.17, 15) is 9.59 Å². The van der Waals surface area contributed by atoms with Gasteiger partial charge in [-0.1, -0.05) is 30.3 Å². The molecule has 1 heterocycles. The van der Waals surface area contributed by atoms with E-state index in [0.717, 1.165) is 0 Å². The molecule has 0 aliphatic rings. The lowest BCUT2D eigenvalue weighted by Gasteiger charge is -2.07. The van der Waals surface area contributed by atoms with Gasteiger partial charge in [0, 0.05) is 13.0 Å². The first-order valence-corrected chi connectivity index (χ1v) is 7.65. The molecular formula is C18H17N3O3. The van der Waals surface area contributed by atoms with E-state index >= 15 is 0 Å². The lowest BCUT2D eigenvalue weighted by molar-refractivity contribution is -0.123. The number of amides is 1. The zero-order chi connectivity index (χ0) is 16.8. The molecule has 2 N–H and O–H groups in total. The third-order valence-corrected chi connectivity index (χ3v) is 3.46. The van der Waals surface area contributed by atoms with Gasteiger partial charge in [0.1, 0.15) is 11.6 Å². The summed E-state index contributed by atoms with van der Waals surface area (Å²) in [4.78, 5) is 30.8. The third-order valence-electron chi connectivity index (χ3n) is 3.46. The number of ether oxygens (including phenoxy) is 1. The molecular weight excluding hydrogens is 306 g/mol. The molecule has 0 spiro atoms. The molecule has 0 saturated carbocycles. The Bertz CT molecular complexity index is 891. The number of benzene rings is 2. The van der Waals surface area contributed by atoms with E-state index in [1.165, 1.54) is 0 Å². The molecule has 0 aliphatic carbocycles. The summed E-state index contributed by atoms with van der Waals surface area (Å²) in [6.07, 6.45) is 0.442. The lowest BCUT2D eigenvalue weighted by atomic mass is 10.2. The summed E-state index contributed by atoms with van der Waals surface area (Å²) in [5.74, 6) is 0.971. The molecule has 0 saturated heterocycles. The largest absolute Gasteiger partial charge is 0.484 e. The molecule has 1 aromatic heterocycles. The maximum absolute atomic E-state index is 12.0. The molecule has 2 aromatic carbocycles. The average Bonchev–Trinajstić information content (AvgIpc) is 2.61. The Morgan fingerprint density at radius 2 is 1.83 bits per heavy atom. The minimum absolute atomic E-state index is 0.0499. The quantitative estimate of drug-likeness (QED) is 0.722. The van der Waals surface area contributed by atoms with Gasteiger partial charge in [-0.15, -0.1) is 0 Å². The van der Waals surface area contributed by atoms with Crippen molar-refractivity contribution in [2.24, 2.45) is 0 Å². The number of nitrogens with one attached hydrogen (secondary N) is 2. The van der Waals surface area contributed by atoms with Crippen molar-refractivity contribution in [1.29, 1.82) is 0 Å². The number of carbonyl (C=O) groups excluding carboxylic acids is 1. The molecule has 3 aromatic rings. The second-order valence-electron chi connectivity index (χ2n) is 5.23. The van der Waals surface area contributed by atoms with E-state index in [4.69, 9.17) is 4.74 Å². The molecule has 0 radical (unpaired) electrons. The van der Waals surface area contributed by atoms with Crippen LogP contribution in [0.5, 0.6) is 5.75 Å². The van der Waals surface area contributed by atoms with Gasteiger partial charge in [-0.25, -0.2) is 4.98 Å². The fraction of sp³-hybridized carbons (Fsp3) is 0.167. The molecule has 6 nitrogen and oxygen atoms in total. The maximum Gasteiger partial charge on any atom is 0.258 e. The van der Waals surface area contributed by atoms with E-state index in [2.05, 4.69) is 15.3 Å². The number of carbonyl (C=O) groups is 1. The van der Waals surface area contributed by atoms with E-state index in [-0.39, 0.29) is 18.1 Å². The molecule has 6 heteroatoms. The highest BCUT2D eigenvalue weighted by Gasteiger charge is 2.05. The maximum atomic E-state index is 12.0. The highest BCUT2D eigenvalue weighted by atomic mass is 16.5. The van der Waals surface area contributed by atoms with Gasteiger partial charge in [0.05, 0.1) is 10.9 Å². The summed E-state index contributed by atoms with van der Waals surface area (Å²) in [7, 11) is 0. The number of nitrogens with zero attached hydrogens (tertiary/aromatic N) is 1. The molecule has 3 rings (SSSR count). The van der Waals surface area contributed by atoms with Crippen LogP contribution in [0.25, 0.3) is 10.9 Å². The highest BCUT2D eigenvalue weighted by Crippen LogP contribution is 2.07. The van der Waals surface area contributed by atoms with Crippen molar-refractivity contribution in [2.45, 2.75) is 6.42 Å². The van der Waals surface area contributed by atoms with E-state index < -0.39 is 0 Å². The second kappa shape index (κ2) is 7.41. The smallest absolute Gasteiger partial charge is 0.258 e. The van der Waals surface area contributed by atoms with Crippen molar-refractivity contribution < 1.29 is 9.53 Å². The minimum Gasteiger partial charge on any atom is -0.484 e. The Morgan fingerprint density at radius 3 is 2.67 bits per heavy atom. The molecule has 122 valence electrons. The number of aromatic amines is 1. The SMILES string of the molecule is O=C(COc1ccccc1)NCCc1nc2ccccc2c(=O)[nH]1. The fourth-order valence-corrected chi connectivity index (χ4v) is 2.29. The number of para-hydroxylation sites is 2. The summed E-state index contributed by atoms with van der Waals surface area (Å²) in [6.45, 7) is 0.323. The lowest BCUT2D eigenvalue weighted by Crippen LogP contribution is -2.31. The number of H-pyrrole nitrogens is 1. The van der Waals surface area contributed by atoms with Crippen molar-refractivity contribution in [1.82, 2.24) is 15.3 Å². The number of fused-ring (bicyclic) bond motifs is 1. The first kappa shape index (κ1) is 15.7. The van der Waals surface area contributed by atoms with Gasteiger partial charge in [0.25, 0.3) is 11.5 Å². The van der Waals surface area contributed by atoms with Crippen molar-refractivity contribution in [3.05, 3.63) is 70.8 Å². The van der Waals surface area contributed by atoms with Gasteiger partial charge in [-0.2, -0.15) is 0 Å². The average molecular weight is 323 g/mol. The monoisotopic (exact) mass is 323 g/mol. The normalized spacial score (nSPS) is 10.5. The molecule has 0 atom stereocenters. The number of hydrogen-bond acceptors (Lipinski definition) is 4. The second-order valence-corrected chi connectivity index (χ2v) is 5.23. The Morgan fingerprint density at radius 1 is 1.08 bits per heavy atom. The predicted molar refractivity (Wildman–Crippen MR) is 91.0 cm³/mol. The number of aromatic nitrogens is 2. The minimum atomic E-state index is -0.220. The van der Waals surface area contributed by atoms with Crippen LogP contribution < -0.4 is 15.6 Å². The Kier molecular flexibility index (Phi) is 4.86. The van der Waals surface area contributed by atoms with Crippen LogP contribution in [0.4, 0.5) is 0 Å². The zero-order valence-corrected chi connectivity index (χ0v) is 13.0. The van der Waals surface area contributed by atoms with Crippen LogP contribution in [0.2, 0.25) is 0 Å². The topological polar surface area (TPSA) is 84.1 Å². The Hall–Kier alpha value is -3.15. The van der Waals surface area contributed by atoms with Crippen LogP contribution in [0, 0.1) is 0 Å². The fourth-order valence-electron chi connectivity index (χ4n) is 2.29. The Labute approximate surface area is 138 Å². The van der Waals surface area contributed by atoms with Gasteiger partial charge < -0.3 is 15.0 Å².